The van der Waals surface area contributed by atoms with Crippen molar-refractivity contribution in [2.45, 2.75) is 13.5 Å². The molecule has 3 aromatic heterocycles. The zero-order valence-corrected chi connectivity index (χ0v) is 18.7. The third-order valence-corrected chi connectivity index (χ3v) is 6.68. The first kappa shape index (κ1) is 21.8. The van der Waals surface area contributed by atoms with E-state index in [1.165, 1.54) is 46.4 Å². The number of carbonyl (C=O) groups is 1. The fraction of sp³-hybridized carbons (Fsp3) is 0.182. The van der Waals surface area contributed by atoms with Gasteiger partial charge in [-0.15, -0.1) is 22.7 Å². The predicted molar refractivity (Wildman–Crippen MR) is 123 cm³/mol. The number of thiophene rings is 1. The van der Waals surface area contributed by atoms with Crippen LogP contribution in [0.2, 0.25) is 0 Å². The highest BCUT2D eigenvalue weighted by atomic mass is 32.1. The van der Waals surface area contributed by atoms with Crippen LogP contribution in [0.25, 0.3) is 20.5 Å². The lowest BCUT2D eigenvalue weighted by Crippen LogP contribution is -2.34. The summed E-state index contributed by atoms with van der Waals surface area (Å²) in [4.78, 5) is 30.8. The van der Waals surface area contributed by atoms with E-state index in [9.17, 15) is 14.0 Å². The molecule has 7 nitrogen and oxygen atoms in total. The fourth-order valence-electron chi connectivity index (χ4n) is 2.90. The average Bonchev–Trinajstić information content (AvgIpc) is 3.45. The molecule has 1 N–H and O–H groups in total. The molecule has 0 aliphatic rings. The van der Waals surface area contributed by atoms with Crippen LogP contribution in [0, 0.1) is 12.7 Å². The molecule has 0 atom stereocenters. The molecule has 0 saturated carbocycles. The number of aryl methyl sites for hydroxylation is 1. The number of hydrogen-bond donors (Lipinski definition) is 1. The highest BCUT2D eigenvalue weighted by molar-refractivity contribution is 7.23. The summed E-state index contributed by atoms with van der Waals surface area (Å²) < 4.78 is 19.5. The van der Waals surface area contributed by atoms with E-state index in [0.29, 0.717) is 11.4 Å². The summed E-state index contributed by atoms with van der Waals surface area (Å²) in [5, 5.41) is 10.1. The number of hydrogen-bond acceptors (Lipinski definition) is 7. The summed E-state index contributed by atoms with van der Waals surface area (Å²) in [5.41, 5.74) is 1.25. The van der Waals surface area contributed by atoms with Gasteiger partial charge < -0.3 is 10.1 Å². The Bertz CT molecular complexity index is 1270. The number of carbonyl (C=O) groups excluding carboxylic acids is 1. The molecule has 0 unspecified atom stereocenters. The first-order chi connectivity index (χ1) is 15.5. The topological polar surface area (TPSA) is 86.1 Å². The quantitative estimate of drug-likeness (QED) is 0.424. The Hall–Kier alpha value is -3.37. The maximum absolute atomic E-state index is 12.9. The molecule has 4 aromatic rings. The van der Waals surface area contributed by atoms with Crippen LogP contribution in [0.3, 0.4) is 0 Å². The van der Waals surface area contributed by atoms with Crippen molar-refractivity contribution >= 4 is 28.6 Å². The molecule has 0 spiro atoms. The Kier molecular flexibility index (Phi) is 6.72. The molecule has 0 radical (unpaired) electrons. The molecule has 32 heavy (non-hydrogen) atoms. The van der Waals surface area contributed by atoms with E-state index in [1.54, 1.807) is 17.4 Å². The van der Waals surface area contributed by atoms with Gasteiger partial charge in [-0.1, -0.05) is 6.07 Å². The van der Waals surface area contributed by atoms with Crippen LogP contribution in [-0.2, 0) is 11.3 Å². The number of benzene rings is 1. The van der Waals surface area contributed by atoms with E-state index < -0.39 is 0 Å². The van der Waals surface area contributed by atoms with Gasteiger partial charge in [0.15, 0.2) is 6.61 Å². The molecule has 0 aliphatic heterocycles. The van der Waals surface area contributed by atoms with Crippen molar-refractivity contribution in [3.8, 4) is 26.2 Å². The van der Waals surface area contributed by atoms with Crippen LogP contribution >= 0.6 is 22.7 Å². The smallest absolute Gasteiger partial charge is 0.266 e. The molecule has 0 bridgehead atoms. The number of rotatable bonds is 8. The zero-order valence-electron chi connectivity index (χ0n) is 17.1. The van der Waals surface area contributed by atoms with Gasteiger partial charge in [-0.05, 0) is 48.7 Å². The average molecular weight is 471 g/mol. The van der Waals surface area contributed by atoms with Gasteiger partial charge in [0, 0.05) is 12.6 Å². The monoisotopic (exact) mass is 470 g/mol. The van der Waals surface area contributed by atoms with Crippen molar-refractivity contribution in [2.75, 3.05) is 13.2 Å². The molecule has 0 fully saturated rings. The molecule has 0 aliphatic carbocycles. The summed E-state index contributed by atoms with van der Waals surface area (Å²) in [5.74, 6) is -0.329. The number of aromatic nitrogens is 3. The Morgan fingerprint density at radius 2 is 2.00 bits per heavy atom. The first-order valence-electron chi connectivity index (χ1n) is 9.74. The molecular formula is C22H19FN4O3S2. The van der Waals surface area contributed by atoms with E-state index in [1.807, 2.05) is 24.4 Å². The number of amides is 1. The van der Waals surface area contributed by atoms with Crippen LogP contribution < -0.4 is 15.6 Å². The second-order valence-corrected chi connectivity index (χ2v) is 8.73. The van der Waals surface area contributed by atoms with Gasteiger partial charge in [0.25, 0.3) is 11.5 Å². The minimum Gasteiger partial charge on any atom is -0.484 e. The van der Waals surface area contributed by atoms with Gasteiger partial charge in [0.05, 0.1) is 22.0 Å². The molecule has 164 valence electrons. The van der Waals surface area contributed by atoms with Gasteiger partial charge in [-0.3, -0.25) is 9.59 Å². The molecule has 1 aromatic carbocycles. The number of nitrogens with zero attached hydrogens (tertiary/aromatic N) is 3. The van der Waals surface area contributed by atoms with Crippen LogP contribution in [-0.4, -0.2) is 33.8 Å². The summed E-state index contributed by atoms with van der Waals surface area (Å²) in [6.45, 7) is 2.13. The summed E-state index contributed by atoms with van der Waals surface area (Å²) in [6.07, 6.45) is 0. The van der Waals surface area contributed by atoms with Gasteiger partial charge in [-0.25, -0.2) is 14.1 Å². The fourth-order valence-corrected chi connectivity index (χ4v) is 4.73. The van der Waals surface area contributed by atoms with Crippen molar-refractivity contribution in [3.05, 3.63) is 75.8 Å². The lowest BCUT2D eigenvalue weighted by Gasteiger charge is -2.09. The number of halogens is 1. The lowest BCUT2D eigenvalue weighted by atomic mass is 10.3. The third kappa shape index (κ3) is 5.27. The van der Waals surface area contributed by atoms with Crippen molar-refractivity contribution in [1.82, 2.24) is 20.1 Å². The van der Waals surface area contributed by atoms with E-state index in [4.69, 9.17) is 4.74 Å². The normalized spacial score (nSPS) is 10.8. The number of ether oxygens (including phenoxy) is 1. The predicted octanol–water partition coefficient (Wildman–Crippen LogP) is 3.74. The minimum absolute atomic E-state index is 0.209. The van der Waals surface area contributed by atoms with Crippen LogP contribution in [0.15, 0.2) is 58.7 Å². The SMILES string of the molecule is Cc1nc(-c2cccs2)sc1-c1ccc(=O)n(CCNC(=O)COc2ccc(F)cc2)n1. The molecule has 0 saturated heterocycles. The van der Waals surface area contributed by atoms with Crippen LogP contribution in [0.5, 0.6) is 5.75 Å². The van der Waals surface area contributed by atoms with E-state index >= 15 is 0 Å². The molecule has 3 heterocycles. The highest BCUT2D eigenvalue weighted by Crippen LogP contribution is 2.35. The van der Waals surface area contributed by atoms with Gasteiger partial charge >= 0.3 is 0 Å². The Morgan fingerprint density at radius 1 is 1.19 bits per heavy atom. The lowest BCUT2D eigenvalue weighted by molar-refractivity contribution is -0.123. The standard InChI is InChI=1S/C22H19FN4O3S2/c1-14-21(32-22(25-14)18-3-2-12-31-18)17-8-9-20(29)27(26-17)11-10-24-19(28)13-30-16-6-4-15(23)5-7-16/h2-9,12H,10-11,13H2,1H3,(H,24,28). The molecule has 10 heteroatoms. The summed E-state index contributed by atoms with van der Waals surface area (Å²) in [7, 11) is 0. The van der Waals surface area contributed by atoms with E-state index in [-0.39, 0.29) is 37.0 Å². The number of nitrogens with one attached hydrogen (secondary N) is 1. The van der Waals surface area contributed by atoms with Crippen molar-refractivity contribution in [1.29, 1.82) is 0 Å². The second kappa shape index (κ2) is 9.84. The van der Waals surface area contributed by atoms with Crippen LogP contribution in [0.1, 0.15) is 5.69 Å². The van der Waals surface area contributed by atoms with Crippen molar-refractivity contribution in [2.24, 2.45) is 0 Å². The zero-order chi connectivity index (χ0) is 22.5. The van der Waals surface area contributed by atoms with Gasteiger partial charge in [0.2, 0.25) is 0 Å². The third-order valence-electron chi connectivity index (χ3n) is 4.46. The van der Waals surface area contributed by atoms with Gasteiger partial charge in [-0.2, -0.15) is 5.10 Å². The Morgan fingerprint density at radius 3 is 2.75 bits per heavy atom. The highest BCUT2D eigenvalue weighted by Gasteiger charge is 2.14. The maximum atomic E-state index is 12.9. The van der Waals surface area contributed by atoms with E-state index in [0.717, 1.165) is 20.5 Å². The summed E-state index contributed by atoms with van der Waals surface area (Å²) >= 11 is 3.15. The van der Waals surface area contributed by atoms with E-state index in [2.05, 4.69) is 15.4 Å². The second-order valence-electron chi connectivity index (χ2n) is 6.78. The largest absolute Gasteiger partial charge is 0.484 e. The number of thiazole rings is 1. The Labute approximate surface area is 191 Å². The molecule has 1 amide bonds. The summed E-state index contributed by atoms with van der Waals surface area (Å²) in [6, 6.07) is 12.6. The first-order valence-corrected chi connectivity index (χ1v) is 11.4. The molecular weight excluding hydrogens is 451 g/mol. The van der Waals surface area contributed by atoms with Crippen LogP contribution in [0.4, 0.5) is 4.39 Å². The maximum Gasteiger partial charge on any atom is 0.266 e. The van der Waals surface area contributed by atoms with Crippen molar-refractivity contribution < 1.29 is 13.9 Å². The minimum atomic E-state index is -0.377. The Balaban J connectivity index is 1.37. The van der Waals surface area contributed by atoms with Gasteiger partial charge in [0.1, 0.15) is 22.3 Å². The molecule has 4 rings (SSSR count). The van der Waals surface area contributed by atoms with Crippen molar-refractivity contribution in [3.63, 3.8) is 0 Å².